The number of likely N-dealkylation sites (tertiary alicyclic amines) is 1. The Morgan fingerprint density at radius 3 is 2.38 bits per heavy atom. The summed E-state index contributed by atoms with van der Waals surface area (Å²) in [6.07, 6.45) is 1.61. The predicted octanol–water partition coefficient (Wildman–Crippen LogP) is 3.99. The molecule has 1 aromatic rings. The van der Waals surface area contributed by atoms with E-state index in [1.54, 1.807) is 4.90 Å². The van der Waals surface area contributed by atoms with E-state index in [1.165, 1.54) is 5.56 Å². The van der Waals surface area contributed by atoms with Gasteiger partial charge in [-0.2, -0.15) is 0 Å². The molecule has 1 fully saturated rings. The van der Waals surface area contributed by atoms with Crippen molar-refractivity contribution >= 4 is 41.7 Å². The second kappa shape index (κ2) is 9.99. The average molecular weight is 474 g/mol. The lowest BCUT2D eigenvalue weighted by atomic mass is 9.97. The quantitative estimate of drug-likeness (QED) is 0.395. The molecule has 7 heteroatoms. The van der Waals surface area contributed by atoms with Gasteiger partial charge in [0.1, 0.15) is 5.60 Å². The Morgan fingerprint density at radius 1 is 1.27 bits per heavy atom. The molecule has 1 saturated heterocycles. The molecule has 0 radical (unpaired) electrons. The number of nitrogens with zero attached hydrogens (tertiary/aromatic N) is 2. The summed E-state index contributed by atoms with van der Waals surface area (Å²) in [7, 11) is 0. The topological polar surface area (TPSA) is 80.0 Å². The Balaban J connectivity index is 0.00000338. The van der Waals surface area contributed by atoms with E-state index in [2.05, 4.69) is 10.3 Å². The number of aliphatic imine (C=N–C) groups is 1. The van der Waals surface area contributed by atoms with Crippen LogP contribution >= 0.6 is 24.0 Å². The monoisotopic (exact) mass is 474 g/mol. The number of hydrogen-bond acceptors (Lipinski definition) is 3. The van der Waals surface area contributed by atoms with Crippen LogP contribution in [0.15, 0.2) is 29.3 Å². The third-order valence-electron chi connectivity index (χ3n) is 4.11. The number of benzene rings is 1. The number of ether oxygens (including phenoxy) is 1. The van der Waals surface area contributed by atoms with Crippen LogP contribution in [-0.4, -0.2) is 42.2 Å². The highest BCUT2D eigenvalue weighted by Crippen LogP contribution is 2.20. The number of hydrogen-bond donors (Lipinski definition) is 2. The standard InChI is InChI=1S/C19H30N4O2.HI/c1-14-5-7-16(8-6-14)22-17(20)21-13-15-9-11-23(12-10-15)18(24)25-19(2,3)4;/h5-8,15H,9-13H2,1-4H3,(H3,20,21,22);1H. The van der Waals surface area contributed by atoms with Crippen molar-refractivity contribution in [3.05, 3.63) is 29.8 Å². The highest BCUT2D eigenvalue weighted by atomic mass is 127. The minimum absolute atomic E-state index is 0. The van der Waals surface area contributed by atoms with Gasteiger partial charge >= 0.3 is 6.09 Å². The maximum absolute atomic E-state index is 12.1. The Kier molecular flexibility index (Phi) is 8.66. The zero-order valence-corrected chi connectivity index (χ0v) is 18.4. The number of amides is 1. The third-order valence-corrected chi connectivity index (χ3v) is 4.11. The third kappa shape index (κ3) is 7.80. The molecular formula is C19H31IN4O2. The Labute approximate surface area is 173 Å². The molecule has 0 aliphatic carbocycles. The van der Waals surface area contributed by atoms with Gasteiger partial charge in [0, 0.05) is 25.3 Å². The minimum Gasteiger partial charge on any atom is -0.444 e. The Hall–Kier alpha value is -1.51. The molecule has 6 nitrogen and oxygen atoms in total. The van der Waals surface area contributed by atoms with Gasteiger partial charge in [0.25, 0.3) is 0 Å². The van der Waals surface area contributed by atoms with Crippen LogP contribution in [0, 0.1) is 12.8 Å². The molecule has 0 unspecified atom stereocenters. The molecule has 1 amide bonds. The normalized spacial score (nSPS) is 16.0. The van der Waals surface area contributed by atoms with Gasteiger partial charge in [-0.15, -0.1) is 24.0 Å². The van der Waals surface area contributed by atoms with E-state index < -0.39 is 5.60 Å². The number of guanidine groups is 1. The smallest absolute Gasteiger partial charge is 0.410 e. The molecule has 146 valence electrons. The fourth-order valence-electron chi connectivity index (χ4n) is 2.68. The molecule has 1 aromatic carbocycles. The van der Waals surface area contributed by atoms with Crippen LogP contribution in [0.25, 0.3) is 0 Å². The van der Waals surface area contributed by atoms with Crippen LogP contribution < -0.4 is 11.1 Å². The van der Waals surface area contributed by atoms with Crippen molar-refractivity contribution in [3.63, 3.8) is 0 Å². The summed E-state index contributed by atoms with van der Waals surface area (Å²) in [6.45, 7) is 9.79. The largest absolute Gasteiger partial charge is 0.444 e. The molecular weight excluding hydrogens is 443 g/mol. The van der Waals surface area contributed by atoms with Crippen molar-refractivity contribution in [2.24, 2.45) is 16.6 Å². The summed E-state index contributed by atoms with van der Waals surface area (Å²) in [6, 6.07) is 8.03. The molecule has 0 spiro atoms. The number of piperidine rings is 1. The highest BCUT2D eigenvalue weighted by molar-refractivity contribution is 14.0. The number of carbonyl (C=O) groups is 1. The van der Waals surface area contributed by atoms with Gasteiger partial charge in [-0.25, -0.2) is 4.79 Å². The maximum Gasteiger partial charge on any atom is 0.410 e. The molecule has 1 aliphatic rings. The second-order valence-corrected chi connectivity index (χ2v) is 7.63. The van der Waals surface area contributed by atoms with Crippen LogP contribution in [-0.2, 0) is 4.74 Å². The minimum atomic E-state index is -0.450. The van der Waals surface area contributed by atoms with Gasteiger partial charge in [0.2, 0.25) is 0 Å². The lowest BCUT2D eigenvalue weighted by Gasteiger charge is -2.33. The molecule has 1 aliphatic heterocycles. The number of carbonyl (C=O) groups excluding carboxylic acids is 1. The summed E-state index contributed by atoms with van der Waals surface area (Å²) >= 11 is 0. The van der Waals surface area contributed by atoms with Gasteiger partial charge < -0.3 is 20.7 Å². The average Bonchev–Trinajstić information content (AvgIpc) is 2.54. The first-order valence-corrected chi connectivity index (χ1v) is 8.84. The van der Waals surface area contributed by atoms with Gasteiger partial charge in [0.05, 0.1) is 0 Å². The van der Waals surface area contributed by atoms with Gasteiger partial charge in [0.15, 0.2) is 5.96 Å². The number of anilines is 1. The Morgan fingerprint density at radius 2 is 1.85 bits per heavy atom. The van der Waals surface area contributed by atoms with E-state index in [0.717, 1.165) is 18.5 Å². The second-order valence-electron chi connectivity index (χ2n) is 7.63. The molecule has 2 rings (SSSR count). The number of nitrogens with one attached hydrogen (secondary N) is 1. The van der Waals surface area contributed by atoms with Crippen LogP contribution in [0.1, 0.15) is 39.2 Å². The van der Waals surface area contributed by atoms with Crippen LogP contribution in [0.3, 0.4) is 0 Å². The van der Waals surface area contributed by atoms with E-state index in [9.17, 15) is 4.79 Å². The summed E-state index contributed by atoms with van der Waals surface area (Å²) < 4.78 is 5.41. The van der Waals surface area contributed by atoms with Crippen LogP contribution in [0.2, 0.25) is 0 Å². The summed E-state index contributed by atoms with van der Waals surface area (Å²) in [4.78, 5) is 18.3. The first kappa shape index (κ1) is 22.5. The van der Waals surface area contributed by atoms with Gasteiger partial charge in [-0.3, -0.25) is 4.99 Å². The first-order valence-electron chi connectivity index (χ1n) is 8.84. The maximum atomic E-state index is 12.1. The number of nitrogens with two attached hydrogens (primary N) is 1. The fraction of sp³-hybridized carbons (Fsp3) is 0.579. The van der Waals surface area contributed by atoms with E-state index in [4.69, 9.17) is 10.5 Å². The van der Waals surface area contributed by atoms with Crippen molar-refractivity contribution in [2.75, 3.05) is 25.0 Å². The summed E-state index contributed by atoms with van der Waals surface area (Å²) in [5.74, 6) is 0.871. The lowest BCUT2D eigenvalue weighted by molar-refractivity contribution is 0.0187. The van der Waals surface area contributed by atoms with Crippen molar-refractivity contribution < 1.29 is 9.53 Å². The summed E-state index contributed by atoms with van der Waals surface area (Å²) in [5, 5.41) is 3.10. The molecule has 0 atom stereocenters. The molecule has 0 bridgehead atoms. The highest BCUT2D eigenvalue weighted by Gasteiger charge is 2.26. The van der Waals surface area contributed by atoms with Gasteiger partial charge in [-0.05, 0) is 58.6 Å². The van der Waals surface area contributed by atoms with E-state index >= 15 is 0 Å². The predicted molar refractivity (Wildman–Crippen MR) is 117 cm³/mol. The molecule has 26 heavy (non-hydrogen) atoms. The molecule has 1 heterocycles. The van der Waals surface area contributed by atoms with Crippen LogP contribution in [0.5, 0.6) is 0 Å². The molecule has 0 aromatic heterocycles. The Bertz CT molecular complexity index is 603. The van der Waals surface area contributed by atoms with E-state index in [0.29, 0.717) is 31.5 Å². The van der Waals surface area contributed by atoms with E-state index in [-0.39, 0.29) is 30.1 Å². The number of halogens is 1. The fourth-order valence-corrected chi connectivity index (χ4v) is 2.68. The molecule has 0 saturated carbocycles. The zero-order valence-electron chi connectivity index (χ0n) is 16.1. The van der Waals surface area contributed by atoms with Crippen molar-refractivity contribution in [2.45, 2.75) is 46.1 Å². The van der Waals surface area contributed by atoms with Crippen molar-refractivity contribution in [1.29, 1.82) is 0 Å². The van der Waals surface area contributed by atoms with E-state index in [1.807, 2.05) is 52.0 Å². The van der Waals surface area contributed by atoms with Crippen LogP contribution in [0.4, 0.5) is 10.5 Å². The van der Waals surface area contributed by atoms with Crippen molar-refractivity contribution in [3.8, 4) is 0 Å². The number of rotatable bonds is 3. The van der Waals surface area contributed by atoms with Crippen molar-refractivity contribution in [1.82, 2.24) is 4.90 Å². The summed E-state index contributed by atoms with van der Waals surface area (Å²) in [5.41, 5.74) is 7.65. The van der Waals surface area contributed by atoms with Gasteiger partial charge in [-0.1, -0.05) is 17.7 Å². The first-order chi connectivity index (χ1) is 11.7. The molecule has 3 N–H and O–H groups in total. The lowest BCUT2D eigenvalue weighted by Crippen LogP contribution is -2.42. The number of aryl methyl sites for hydroxylation is 1. The zero-order chi connectivity index (χ0) is 18.4. The SMILES string of the molecule is Cc1ccc(NC(N)=NCC2CCN(C(=O)OC(C)(C)C)CC2)cc1.I.